The van der Waals surface area contributed by atoms with Crippen molar-refractivity contribution in [2.24, 2.45) is 0 Å². The van der Waals surface area contributed by atoms with Gasteiger partial charge in [-0.2, -0.15) is 5.10 Å². The van der Waals surface area contributed by atoms with Gasteiger partial charge in [0.15, 0.2) is 5.82 Å². The zero-order valence-electron chi connectivity index (χ0n) is 20.5. The van der Waals surface area contributed by atoms with Crippen molar-refractivity contribution in [1.82, 2.24) is 19.5 Å². The Bertz CT molecular complexity index is 1380. The van der Waals surface area contributed by atoms with E-state index in [2.05, 4.69) is 21.2 Å². The highest BCUT2D eigenvalue weighted by molar-refractivity contribution is 9.10. The van der Waals surface area contributed by atoms with Crippen LogP contribution in [0.15, 0.2) is 82.2 Å². The van der Waals surface area contributed by atoms with Crippen molar-refractivity contribution in [1.29, 1.82) is 0 Å². The SMILES string of the molecule is CC(C)(C)OC(=O)N[C@@H](CCOCc1ccccc1)c1nn2ccc(Br)c2c(=O)n1-c1ccccc1. The van der Waals surface area contributed by atoms with Gasteiger partial charge in [-0.1, -0.05) is 48.5 Å². The van der Waals surface area contributed by atoms with Crippen molar-refractivity contribution in [2.45, 2.75) is 45.4 Å². The summed E-state index contributed by atoms with van der Waals surface area (Å²) in [7, 11) is 0. The number of nitrogens with zero attached hydrogens (tertiary/aromatic N) is 3. The van der Waals surface area contributed by atoms with Crippen molar-refractivity contribution in [3.8, 4) is 5.69 Å². The number of carbonyl (C=O) groups excluding carboxylic acids is 1. The number of para-hydroxylation sites is 1. The second-order valence-corrected chi connectivity index (χ2v) is 10.2. The summed E-state index contributed by atoms with van der Waals surface area (Å²) in [6, 6.07) is 20.2. The lowest BCUT2D eigenvalue weighted by molar-refractivity contribution is 0.0477. The van der Waals surface area contributed by atoms with Crippen LogP contribution in [-0.2, 0) is 16.1 Å². The molecule has 0 radical (unpaired) electrons. The molecule has 4 rings (SSSR count). The Morgan fingerprint density at radius 3 is 2.39 bits per heavy atom. The van der Waals surface area contributed by atoms with Crippen LogP contribution in [0.4, 0.5) is 4.79 Å². The van der Waals surface area contributed by atoms with Gasteiger partial charge in [0.2, 0.25) is 0 Å². The first-order valence-corrected chi connectivity index (χ1v) is 12.5. The van der Waals surface area contributed by atoms with Crippen molar-refractivity contribution < 1.29 is 14.3 Å². The first-order valence-electron chi connectivity index (χ1n) is 11.7. The number of rotatable bonds is 8. The van der Waals surface area contributed by atoms with Crippen LogP contribution in [0.3, 0.4) is 0 Å². The van der Waals surface area contributed by atoms with Crippen molar-refractivity contribution in [2.75, 3.05) is 6.61 Å². The summed E-state index contributed by atoms with van der Waals surface area (Å²) in [5, 5.41) is 7.65. The fourth-order valence-electron chi connectivity index (χ4n) is 3.78. The van der Waals surface area contributed by atoms with Gasteiger partial charge in [0.1, 0.15) is 11.1 Å². The predicted molar refractivity (Wildman–Crippen MR) is 141 cm³/mol. The number of benzene rings is 2. The molecule has 0 saturated carbocycles. The Morgan fingerprint density at radius 1 is 1.06 bits per heavy atom. The van der Waals surface area contributed by atoms with E-state index in [9.17, 15) is 9.59 Å². The molecule has 0 fully saturated rings. The molecule has 0 saturated heterocycles. The molecule has 1 amide bonds. The third-order valence-electron chi connectivity index (χ3n) is 5.34. The fraction of sp³-hybridized carbons (Fsp3) is 0.296. The van der Waals surface area contributed by atoms with Gasteiger partial charge in [-0.15, -0.1) is 0 Å². The van der Waals surface area contributed by atoms with Crippen LogP contribution in [0, 0.1) is 0 Å². The quantitative estimate of drug-likeness (QED) is 0.295. The van der Waals surface area contributed by atoms with Crippen LogP contribution < -0.4 is 10.9 Å². The molecule has 8 nitrogen and oxygen atoms in total. The van der Waals surface area contributed by atoms with E-state index in [0.29, 0.717) is 41.1 Å². The first-order chi connectivity index (χ1) is 17.2. The molecule has 9 heteroatoms. The van der Waals surface area contributed by atoms with Gasteiger partial charge in [-0.3, -0.25) is 9.36 Å². The Kier molecular flexibility index (Phi) is 7.91. The Hall–Kier alpha value is -3.43. The fourth-order valence-corrected chi connectivity index (χ4v) is 4.25. The normalized spacial score (nSPS) is 12.4. The molecule has 2 aromatic heterocycles. The summed E-state index contributed by atoms with van der Waals surface area (Å²) in [4.78, 5) is 26.5. The Morgan fingerprint density at radius 2 is 1.72 bits per heavy atom. The van der Waals surface area contributed by atoms with Crippen LogP contribution in [0.5, 0.6) is 0 Å². The van der Waals surface area contributed by atoms with Gasteiger partial charge >= 0.3 is 6.09 Å². The van der Waals surface area contributed by atoms with E-state index in [0.717, 1.165) is 5.56 Å². The molecule has 0 aliphatic heterocycles. The van der Waals surface area contributed by atoms with Gasteiger partial charge in [-0.05, 0) is 66.9 Å². The van der Waals surface area contributed by atoms with E-state index in [-0.39, 0.29) is 5.56 Å². The highest BCUT2D eigenvalue weighted by atomic mass is 79.9. The maximum absolute atomic E-state index is 13.7. The summed E-state index contributed by atoms with van der Waals surface area (Å²) in [6.07, 6.45) is 1.48. The van der Waals surface area contributed by atoms with Crippen molar-refractivity contribution in [3.05, 3.63) is 99.1 Å². The molecule has 0 aliphatic carbocycles. The van der Waals surface area contributed by atoms with E-state index < -0.39 is 17.7 Å². The maximum Gasteiger partial charge on any atom is 0.408 e. The van der Waals surface area contributed by atoms with Gasteiger partial charge < -0.3 is 14.8 Å². The smallest absolute Gasteiger partial charge is 0.408 e. The largest absolute Gasteiger partial charge is 0.444 e. The molecule has 0 spiro atoms. The molecular weight excluding hydrogens is 524 g/mol. The highest BCUT2D eigenvalue weighted by Gasteiger charge is 2.26. The lowest BCUT2D eigenvalue weighted by atomic mass is 10.1. The number of aromatic nitrogens is 3. The van der Waals surface area contributed by atoms with Gasteiger partial charge in [0.05, 0.1) is 22.8 Å². The van der Waals surface area contributed by atoms with Crippen LogP contribution in [0.1, 0.15) is 44.6 Å². The molecule has 2 heterocycles. The average Bonchev–Trinajstić information content (AvgIpc) is 3.22. The minimum absolute atomic E-state index is 0.260. The molecule has 188 valence electrons. The number of ether oxygens (including phenoxy) is 2. The summed E-state index contributed by atoms with van der Waals surface area (Å²) in [5.41, 5.74) is 1.15. The number of nitrogens with one attached hydrogen (secondary N) is 1. The minimum atomic E-state index is -0.680. The molecule has 36 heavy (non-hydrogen) atoms. The van der Waals surface area contributed by atoms with E-state index in [4.69, 9.17) is 14.6 Å². The Balaban J connectivity index is 1.71. The summed E-state index contributed by atoms with van der Waals surface area (Å²) >= 11 is 3.45. The number of amides is 1. The minimum Gasteiger partial charge on any atom is -0.444 e. The maximum atomic E-state index is 13.7. The standard InChI is InChI=1S/C27H29BrN4O4/c1-27(2,3)36-26(34)29-22(15-17-35-18-19-10-6-4-7-11-19)24-30-31-16-14-21(28)23(31)25(33)32(24)20-12-8-5-9-13-20/h4-14,16,22H,15,17-18H2,1-3H3,(H,29,34)/t22-/m0/s1. The van der Waals surface area contributed by atoms with Gasteiger partial charge in [0, 0.05) is 12.8 Å². The molecular formula is C27H29BrN4O4. The van der Waals surface area contributed by atoms with E-state index in [1.165, 1.54) is 9.08 Å². The van der Waals surface area contributed by atoms with E-state index in [1.807, 2.05) is 60.7 Å². The monoisotopic (exact) mass is 552 g/mol. The summed E-state index contributed by atoms with van der Waals surface area (Å²) in [6.45, 7) is 6.15. The van der Waals surface area contributed by atoms with Gasteiger partial charge in [-0.25, -0.2) is 9.31 Å². The lowest BCUT2D eigenvalue weighted by Gasteiger charge is -2.25. The molecule has 0 unspecified atom stereocenters. The third kappa shape index (κ3) is 6.22. The van der Waals surface area contributed by atoms with Crippen LogP contribution >= 0.6 is 15.9 Å². The third-order valence-corrected chi connectivity index (χ3v) is 5.98. The highest BCUT2D eigenvalue weighted by Crippen LogP contribution is 2.22. The topological polar surface area (TPSA) is 86.9 Å². The van der Waals surface area contributed by atoms with E-state index in [1.54, 1.807) is 33.0 Å². The molecule has 1 atom stereocenters. The van der Waals surface area contributed by atoms with Crippen molar-refractivity contribution >= 4 is 27.5 Å². The van der Waals surface area contributed by atoms with Crippen LogP contribution in [0.2, 0.25) is 0 Å². The number of hydrogen-bond acceptors (Lipinski definition) is 5. The summed E-state index contributed by atoms with van der Waals surface area (Å²) < 4.78 is 15.1. The molecule has 1 N–H and O–H groups in total. The number of alkyl carbamates (subject to hydrolysis) is 1. The average molecular weight is 553 g/mol. The van der Waals surface area contributed by atoms with Crippen molar-refractivity contribution in [3.63, 3.8) is 0 Å². The number of hydrogen-bond donors (Lipinski definition) is 1. The lowest BCUT2D eigenvalue weighted by Crippen LogP contribution is -2.39. The second-order valence-electron chi connectivity index (χ2n) is 9.32. The zero-order valence-corrected chi connectivity index (χ0v) is 22.1. The molecule has 0 aliphatic rings. The zero-order chi connectivity index (χ0) is 25.7. The van der Waals surface area contributed by atoms with Crippen LogP contribution in [0.25, 0.3) is 11.2 Å². The van der Waals surface area contributed by atoms with Crippen LogP contribution in [-0.4, -0.2) is 32.5 Å². The molecule has 0 bridgehead atoms. The Labute approximate surface area is 218 Å². The first kappa shape index (κ1) is 25.7. The number of carbonyl (C=O) groups is 1. The van der Waals surface area contributed by atoms with E-state index >= 15 is 0 Å². The molecule has 4 aromatic rings. The predicted octanol–water partition coefficient (Wildman–Crippen LogP) is 5.42. The number of fused-ring (bicyclic) bond motifs is 1. The second kappa shape index (κ2) is 11.1. The summed E-state index contributed by atoms with van der Waals surface area (Å²) in [5.74, 6) is 0.371. The molecule has 2 aromatic carbocycles. The van der Waals surface area contributed by atoms with Gasteiger partial charge in [0.25, 0.3) is 5.56 Å². The number of halogens is 1.